The molecule has 1 saturated carbocycles. The Labute approximate surface area is 120 Å². The zero-order valence-electron chi connectivity index (χ0n) is 11.7. The lowest BCUT2D eigenvalue weighted by atomic mass is 9.83. The third-order valence-electron chi connectivity index (χ3n) is 4.05. The molecule has 2 nitrogen and oxygen atoms in total. The number of benzene rings is 1. The fourth-order valence-electron chi connectivity index (χ4n) is 2.62. The largest absolute Gasteiger partial charge is 0.353 e. The molecule has 1 N–H and O–H groups in total. The minimum absolute atomic E-state index is 0.0988. The predicted molar refractivity (Wildman–Crippen MR) is 79.5 cm³/mol. The first kappa shape index (κ1) is 14.4. The Morgan fingerprint density at radius 1 is 1.26 bits per heavy atom. The number of rotatable bonds is 3. The molecular formula is C16H22ClNO. The van der Waals surface area contributed by atoms with E-state index in [2.05, 4.69) is 5.32 Å². The van der Waals surface area contributed by atoms with Crippen molar-refractivity contribution in [2.75, 3.05) is 0 Å². The van der Waals surface area contributed by atoms with Gasteiger partial charge in [0.15, 0.2) is 0 Å². The molecular weight excluding hydrogens is 258 g/mol. The third kappa shape index (κ3) is 3.50. The molecule has 19 heavy (non-hydrogen) atoms. The molecule has 0 aromatic heterocycles. The summed E-state index contributed by atoms with van der Waals surface area (Å²) >= 11 is 6.02. The number of amides is 1. The number of halogens is 1. The number of nitrogens with one attached hydrogen (secondary N) is 1. The van der Waals surface area contributed by atoms with Gasteiger partial charge in [0.05, 0.1) is 5.41 Å². The molecule has 0 spiro atoms. The minimum atomic E-state index is -0.539. The van der Waals surface area contributed by atoms with Gasteiger partial charge in [-0.15, -0.1) is 0 Å². The first-order valence-corrected chi connectivity index (χ1v) is 7.45. The molecule has 104 valence electrons. The van der Waals surface area contributed by atoms with E-state index >= 15 is 0 Å². The van der Waals surface area contributed by atoms with Gasteiger partial charge in [-0.2, -0.15) is 0 Å². The molecule has 0 atom stereocenters. The second-order valence-corrected chi connectivity index (χ2v) is 6.38. The smallest absolute Gasteiger partial charge is 0.230 e. The Morgan fingerprint density at radius 3 is 2.58 bits per heavy atom. The van der Waals surface area contributed by atoms with Crippen LogP contribution >= 0.6 is 11.6 Å². The summed E-state index contributed by atoms with van der Waals surface area (Å²) in [6.07, 6.45) is 5.96. The standard InChI is InChI=1S/C16H22ClNO/c1-16(2,12-7-6-8-13(17)11-12)15(19)18-14-9-4-3-5-10-14/h6-8,11,14H,3-5,9-10H2,1-2H3,(H,18,19). The topological polar surface area (TPSA) is 29.1 Å². The van der Waals surface area contributed by atoms with E-state index in [-0.39, 0.29) is 5.91 Å². The van der Waals surface area contributed by atoms with Crippen LogP contribution in [-0.4, -0.2) is 11.9 Å². The highest BCUT2D eigenvalue weighted by Gasteiger charge is 2.31. The number of carbonyl (C=O) groups excluding carboxylic acids is 1. The van der Waals surface area contributed by atoms with E-state index in [4.69, 9.17) is 11.6 Å². The van der Waals surface area contributed by atoms with Crippen LogP contribution in [0.2, 0.25) is 5.02 Å². The molecule has 0 saturated heterocycles. The van der Waals surface area contributed by atoms with Gasteiger partial charge in [0.25, 0.3) is 0 Å². The molecule has 1 aromatic carbocycles. The Kier molecular flexibility index (Phi) is 4.51. The van der Waals surface area contributed by atoms with E-state index in [1.807, 2.05) is 38.1 Å². The van der Waals surface area contributed by atoms with Gasteiger partial charge >= 0.3 is 0 Å². The van der Waals surface area contributed by atoms with Gasteiger partial charge in [-0.3, -0.25) is 4.79 Å². The molecule has 1 aliphatic carbocycles. The highest BCUT2D eigenvalue weighted by molar-refractivity contribution is 6.30. The van der Waals surface area contributed by atoms with Crippen LogP contribution in [0.3, 0.4) is 0 Å². The monoisotopic (exact) mass is 279 g/mol. The van der Waals surface area contributed by atoms with Crippen molar-refractivity contribution >= 4 is 17.5 Å². The summed E-state index contributed by atoms with van der Waals surface area (Å²) in [6.45, 7) is 3.91. The summed E-state index contributed by atoms with van der Waals surface area (Å²) in [5.74, 6) is 0.0988. The van der Waals surface area contributed by atoms with Crippen LogP contribution in [0.1, 0.15) is 51.5 Å². The van der Waals surface area contributed by atoms with Gasteiger partial charge in [-0.1, -0.05) is 43.0 Å². The van der Waals surface area contributed by atoms with Crippen molar-refractivity contribution in [1.29, 1.82) is 0 Å². The molecule has 3 heteroatoms. The highest BCUT2D eigenvalue weighted by atomic mass is 35.5. The molecule has 0 bridgehead atoms. The zero-order valence-corrected chi connectivity index (χ0v) is 12.5. The summed E-state index contributed by atoms with van der Waals surface area (Å²) in [7, 11) is 0. The summed E-state index contributed by atoms with van der Waals surface area (Å²) in [4.78, 5) is 12.5. The van der Waals surface area contributed by atoms with Gasteiger partial charge in [0.2, 0.25) is 5.91 Å². The van der Waals surface area contributed by atoms with Crippen molar-refractivity contribution in [3.8, 4) is 0 Å². The maximum Gasteiger partial charge on any atom is 0.230 e. The first-order valence-electron chi connectivity index (χ1n) is 7.07. The molecule has 0 heterocycles. The van der Waals surface area contributed by atoms with Crippen LogP contribution in [0, 0.1) is 0 Å². The van der Waals surface area contributed by atoms with Crippen LogP contribution in [0.5, 0.6) is 0 Å². The summed E-state index contributed by atoms with van der Waals surface area (Å²) in [5.41, 5.74) is 0.427. The van der Waals surface area contributed by atoms with E-state index in [0.29, 0.717) is 11.1 Å². The van der Waals surface area contributed by atoms with Crippen LogP contribution in [-0.2, 0) is 10.2 Å². The Morgan fingerprint density at radius 2 is 1.95 bits per heavy atom. The fraction of sp³-hybridized carbons (Fsp3) is 0.562. The van der Waals surface area contributed by atoms with E-state index in [9.17, 15) is 4.79 Å². The lowest BCUT2D eigenvalue weighted by Crippen LogP contribution is -2.45. The molecule has 0 radical (unpaired) electrons. The van der Waals surface area contributed by atoms with Crippen LogP contribution in [0.4, 0.5) is 0 Å². The van der Waals surface area contributed by atoms with Gasteiger partial charge in [-0.05, 0) is 44.4 Å². The zero-order chi connectivity index (χ0) is 13.9. The first-order chi connectivity index (χ1) is 9.00. The van der Waals surface area contributed by atoms with E-state index in [1.165, 1.54) is 19.3 Å². The second-order valence-electron chi connectivity index (χ2n) is 5.94. The van der Waals surface area contributed by atoms with Crippen LogP contribution < -0.4 is 5.32 Å². The van der Waals surface area contributed by atoms with Gasteiger partial charge in [-0.25, -0.2) is 0 Å². The maximum atomic E-state index is 12.5. The van der Waals surface area contributed by atoms with Crippen LogP contribution in [0.15, 0.2) is 24.3 Å². The summed E-state index contributed by atoms with van der Waals surface area (Å²) in [6, 6.07) is 7.92. The molecule has 1 aromatic rings. The van der Waals surface area contributed by atoms with Crippen molar-refractivity contribution in [2.24, 2.45) is 0 Å². The quantitative estimate of drug-likeness (QED) is 0.888. The van der Waals surface area contributed by atoms with E-state index in [1.54, 1.807) is 0 Å². The van der Waals surface area contributed by atoms with E-state index < -0.39 is 5.41 Å². The van der Waals surface area contributed by atoms with Crippen LogP contribution in [0.25, 0.3) is 0 Å². The summed E-state index contributed by atoms with van der Waals surface area (Å²) in [5, 5.41) is 3.87. The van der Waals surface area contributed by atoms with Gasteiger partial charge in [0.1, 0.15) is 0 Å². The molecule has 0 unspecified atom stereocenters. The Balaban J connectivity index is 2.07. The lowest BCUT2D eigenvalue weighted by Gasteiger charge is -2.29. The van der Waals surface area contributed by atoms with Crippen molar-refractivity contribution < 1.29 is 4.79 Å². The normalized spacial score (nSPS) is 17.2. The Bertz CT molecular complexity index is 450. The SMILES string of the molecule is CC(C)(C(=O)NC1CCCCC1)c1cccc(Cl)c1. The maximum absolute atomic E-state index is 12.5. The van der Waals surface area contributed by atoms with Crippen molar-refractivity contribution in [3.63, 3.8) is 0 Å². The number of hydrogen-bond donors (Lipinski definition) is 1. The molecule has 1 aliphatic rings. The van der Waals surface area contributed by atoms with Crippen molar-refractivity contribution in [1.82, 2.24) is 5.32 Å². The average Bonchev–Trinajstić information content (AvgIpc) is 2.40. The lowest BCUT2D eigenvalue weighted by molar-refractivity contribution is -0.126. The molecule has 1 fully saturated rings. The molecule has 2 rings (SSSR count). The summed E-state index contributed by atoms with van der Waals surface area (Å²) < 4.78 is 0. The molecule has 1 amide bonds. The van der Waals surface area contributed by atoms with E-state index in [0.717, 1.165) is 18.4 Å². The molecule has 0 aliphatic heterocycles. The van der Waals surface area contributed by atoms with Crippen molar-refractivity contribution in [3.05, 3.63) is 34.9 Å². The number of carbonyl (C=O) groups is 1. The Hall–Kier alpha value is -1.02. The third-order valence-corrected chi connectivity index (χ3v) is 4.29. The minimum Gasteiger partial charge on any atom is -0.353 e. The average molecular weight is 280 g/mol. The number of hydrogen-bond acceptors (Lipinski definition) is 1. The highest BCUT2D eigenvalue weighted by Crippen LogP contribution is 2.27. The van der Waals surface area contributed by atoms with Gasteiger partial charge < -0.3 is 5.32 Å². The second kappa shape index (κ2) is 5.96. The van der Waals surface area contributed by atoms with Crippen molar-refractivity contribution in [2.45, 2.75) is 57.4 Å². The fourth-order valence-corrected chi connectivity index (χ4v) is 2.81. The van der Waals surface area contributed by atoms with Gasteiger partial charge in [0, 0.05) is 11.1 Å². The predicted octanol–water partition coefficient (Wildman–Crippen LogP) is 4.07.